The van der Waals surface area contributed by atoms with E-state index in [2.05, 4.69) is 0 Å². The molecule has 2 unspecified atom stereocenters. The highest BCUT2D eigenvalue weighted by molar-refractivity contribution is 7.96. The molecular weight excluding hydrogens is 429 g/mol. The molecule has 0 bridgehead atoms. The summed E-state index contributed by atoms with van der Waals surface area (Å²) in [5.74, 6) is 0. The number of hydrogen-bond donors (Lipinski definition) is 3. The molecule has 0 aliphatic rings. The van der Waals surface area contributed by atoms with Crippen LogP contribution in [0.2, 0.25) is 0 Å². The maximum atomic E-state index is 12.1. The van der Waals surface area contributed by atoms with E-state index in [1.54, 1.807) is 36.4 Å². The first kappa shape index (κ1) is 22.1. The molecule has 0 saturated heterocycles. The largest absolute Gasteiger partial charge is 0.778 e. The maximum absolute atomic E-state index is 12.1. The van der Waals surface area contributed by atoms with Gasteiger partial charge in [0, 0.05) is 0 Å². The summed E-state index contributed by atoms with van der Waals surface area (Å²) in [6, 6.07) is 27.3. The van der Waals surface area contributed by atoms with Gasteiger partial charge in [0.1, 0.15) is 23.2 Å². The van der Waals surface area contributed by atoms with Gasteiger partial charge in [0.05, 0.1) is 6.16 Å². The Bertz CT molecular complexity index is 913. The normalized spacial score (nSPS) is 15.4. The summed E-state index contributed by atoms with van der Waals surface area (Å²) in [5, 5.41) is 0.0989. The molecule has 3 rings (SSSR count). The van der Waals surface area contributed by atoms with Crippen molar-refractivity contribution in [3.8, 4) is 0 Å². The van der Waals surface area contributed by atoms with Crippen LogP contribution in [0.25, 0.3) is 0 Å². The van der Waals surface area contributed by atoms with Crippen molar-refractivity contribution in [2.75, 3.05) is 6.16 Å². The van der Waals surface area contributed by atoms with Crippen molar-refractivity contribution < 1.29 is 28.7 Å². The van der Waals surface area contributed by atoms with Crippen molar-refractivity contribution in [3.05, 3.63) is 91.0 Å². The Morgan fingerprint density at radius 1 is 0.690 bits per heavy atom. The molecule has 0 aliphatic carbocycles. The summed E-state index contributed by atoms with van der Waals surface area (Å²) in [6.07, 6.45) is -0.410. The zero-order valence-electron chi connectivity index (χ0n) is 15.4. The van der Waals surface area contributed by atoms with E-state index in [9.17, 15) is 28.7 Å². The average molecular weight is 450 g/mol. The topological polar surface area (TPSA) is 118 Å². The fourth-order valence-electron chi connectivity index (χ4n) is 3.46. The second-order valence-corrected chi connectivity index (χ2v) is 14.1. The number of hydrogen-bond acceptors (Lipinski definition) is 3. The Hall–Kier alpha value is -1.61. The van der Waals surface area contributed by atoms with Gasteiger partial charge in [-0.15, -0.1) is 0 Å². The molecule has 0 amide bonds. The SMILES string of the molecule is O=P([O-])(O)C(C[P+](c1ccccc1)(c1ccccc1)c1ccccc1)P(=O)(O)O. The van der Waals surface area contributed by atoms with Gasteiger partial charge in [-0.05, 0) is 36.4 Å². The molecule has 0 saturated carbocycles. The van der Waals surface area contributed by atoms with Crippen molar-refractivity contribution in [2.24, 2.45) is 0 Å². The quantitative estimate of drug-likeness (QED) is 0.475. The average Bonchev–Trinajstić information content (AvgIpc) is 2.69. The van der Waals surface area contributed by atoms with Crippen molar-refractivity contribution in [2.45, 2.75) is 5.40 Å². The summed E-state index contributed by atoms with van der Waals surface area (Å²) in [4.78, 5) is 41.4. The molecule has 0 heterocycles. The molecule has 0 radical (unpaired) electrons. The standard InChI is InChI=1S/C20H21O6P3/c21-28(22,23)20(29(24,25)26)16-27(17-10-4-1-5-11-17,18-12-6-2-7-13-18)19-14-8-3-9-15-19/h1-15,20H,16H2,(H3-,21,22,23,24,25,26). The summed E-state index contributed by atoms with van der Waals surface area (Å²) in [6.45, 7) is 0. The van der Waals surface area contributed by atoms with Crippen LogP contribution in [-0.4, -0.2) is 26.2 Å². The number of rotatable bonds is 7. The Morgan fingerprint density at radius 3 is 1.24 bits per heavy atom. The third-order valence-corrected chi connectivity index (χ3v) is 13.5. The molecule has 6 nitrogen and oxygen atoms in total. The lowest BCUT2D eigenvalue weighted by atomic mass is 10.4. The summed E-state index contributed by atoms with van der Waals surface area (Å²) in [7, 11) is -13.3. The first-order valence-corrected chi connectivity index (χ1v) is 14.1. The second-order valence-electron chi connectivity index (χ2n) is 6.63. The van der Waals surface area contributed by atoms with E-state index in [4.69, 9.17) is 0 Å². The van der Waals surface area contributed by atoms with Gasteiger partial charge in [-0.25, -0.2) is 0 Å². The molecule has 2 atom stereocenters. The second kappa shape index (κ2) is 8.63. The highest BCUT2D eigenvalue weighted by atomic mass is 31.2. The van der Waals surface area contributed by atoms with Crippen LogP contribution < -0.4 is 20.8 Å². The van der Waals surface area contributed by atoms with Crippen LogP contribution in [0.1, 0.15) is 0 Å². The lowest BCUT2D eigenvalue weighted by Gasteiger charge is -2.34. The third-order valence-electron chi connectivity index (χ3n) is 4.79. The van der Waals surface area contributed by atoms with Gasteiger partial charge < -0.3 is 24.1 Å². The van der Waals surface area contributed by atoms with Crippen LogP contribution in [0, 0.1) is 0 Å². The molecule has 152 valence electrons. The molecular formula is C20H21O6P3. The Balaban J connectivity index is 2.37. The van der Waals surface area contributed by atoms with E-state index in [-0.39, 0.29) is 0 Å². The minimum Gasteiger partial charge on any atom is -0.778 e. The fourth-order valence-corrected chi connectivity index (χ4v) is 12.2. The van der Waals surface area contributed by atoms with Gasteiger partial charge in [-0.1, -0.05) is 54.6 Å². The molecule has 0 fully saturated rings. The predicted octanol–water partition coefficient (Wildman–Crippen LogP) is 2.03. The fraction of sp³-hybridized carbons (Fsp3) is 0.100. The maximum Gasteiger partial charge on any atom is 0.340 e. The Kier molecular flexibility index (Phi) is 6.57. The molecule has 0 spiro atoms. The van der Waals surface area contributed by atoms with Gasteiger partial charge in [-0.3, -0.25) is 4.57 Å². The molecule has 3 aromatic carbocycles. The monoisotopic (exact) mass is 450 g/mol. The zero-order chi connectivity index (χ0) is 21.1. The van der Waals surface area contributed by atoms with Crippen molar-refractivity contribution in [1.29, 1.82) is 0 Å². The van der Waals surface area contributed by atoms with Crippen LogP contribution in [0.4, 0.5) is 0 Å². The molecule has 9 heteroatoms. The summed E-state index contributed by atoms with van der Waals surface area (Å²) < 4.78 is 24.2. The van der Waals surface area contributed by atoms with Crippen LogP contribution >= 0.6 is 22.5 Å². The van der Waals surface area contributed by atoms with Gasteiger partial charge >= 0.3 is 7.60 Å². The van der Waals surface area contributed by atoms with Gasteiger partial charge in [0.25, 0.3) is 0 Å². The van der Waals surface area contributed by atoms with E-state index in [0.717, 1.165) is 15.9 Å². The predicted molar refractivity (Wildman–Crippen MR) is 116 cm³/mol. The van der Waals surface area contributed by atoms with Crippen LogP contribution in [0.5, 0.6) is 0 Å². The molecule has 29 heavy (non-hydrogen) atoms. The first-order valence-electron chi connectivity index (χ1n) is 8.79. The van der Waals surface area contributed by atoms with Crippen molar-refractivity contribution >= 4 is 38.4 Å². The molecule has 3 N–H and O–H groups in total. The lowest BCUT2D eigenvalue weighted by molar-refractivity contribution is -0.194. The van der Waals surface area contributed by atoms with Gasteiger partial charge in [-0.2, -0.15) is 0 Å². The zero-order valence-corrected chi connectivity index (χ0v) is 18.0. The van der Waals surface area contributed by atoms with E-state index in [0.29, 0.717) is 0 Å². The third kappa shape index (κ3) is 4.77. The summed E-state index contributed by atoms with van der Waals surface area (Å²) in [5.41, 5.74) is 0. The minimum atomic E-state index is -5.34. The summed E-state index contributed by atoms with van der Waals surface area (Å²) >= 11 is 0. The van der Waals surface area contributed by atoms with Crippen LogP contribution in [0.15, 0.2) is 91.0 Å². The Morgan fingerprint density at radius 2 is 1.00 bits per heavy atom. The highest BCUT2D eigenvalue weighted by Crippen LogP contribution is 2.66. The van der Waals surface area contributed by atoms with Gasteiger partial charge in [0.15, 0.2) is 13.0 Å². The van der Waals surface area contributed by atoms with E-state index < -0.39 is 34.0 Å². The molecule has 0 aliphatic heterocycles. The van der Waals surface area contributed by atoms with Crippen LogP contribution in [0.3, 0.4) is 0 Å². The Labute approximate surface area is 169 Å². The van der Waals surface area contributed by atoms with E-state index in [1.165, 1.54) is 0 Å². The van der Waals surface area contributed by atoms with E-state index >= 15 is 0 Å². The van der Waals surface area contributed by atoms with Crippen LogP contribution in [-0.2, 0) is 9.13 Å². The van der Waals surface area contributed by atoms with Crippen molar-refractivity contribution in [1.82, 2.24) is 0 Å². The van der Waals surface area contributed by atoms with Crippen molar-refractivity contribution in [3.63, 3.8) is 0 Å². The smallest absolute Gasteiger partial charge is 0.340 e. The van der Waals surface area contributed by atoms with Gasteiger partial charge in [0.2, 0.25) is 0 Å². The van der Waals surface area contributed by atoms with E-state index in [1.807, 2.05) is 54.6 Å². The lowest BCUT2D eigenvalue weighted by Crippen LogP contribution is -2.38. The highest BCUT2D eigenvalue weighted by Gasteiger charge is 2.53. The number of benzene rings is 3. The minimum absolute atomic E-state index is 0.410. The first-order chi connectivity index (χ1) is 13.7. The molecule has 3 aromatic rings. The molecule has 0 aromatic heterocycles.